The van der Waals surface area contributed by atoms with E-state index in [9.17, 15) is 14.7 Å². The van der Waals surface area contributed by atoms with Gasteiger partial charge in [0.05, 0.1) is 6.10 Å². The van der Waals surface area contributed by atoms with E-state index in [2.05, 4.69) is 17.2 Å². The lowest BCUT2D eigenvalue weighted by Crippen LogP contribution is -2.51. The van der Waals surface area contributed by atoms with Gasteiger partial charge < -0.3 is 16.2 Å². The fraction of sp³-hybridized carbons (Fsp3) is 0.158. The molecule has 2 aromatic carbocycles. The van der Waals surface area contributed by atoms with Gasteiger partial charge in [0.25, 0.3) is 11.8 Å². The summed E-state index contributed by atoms with van der Waals surface area (Å²) in [7, 11) is 0. The molecule has 0 radical (unpaired) electrons. The minimum absolute atomic E-state index is 0.288. The van der Waals surface area contributed by atoms with E-state index < -0.39 is 24.0 Å². The fourth-order valence-corrected chi connectivity index (χ4v) is 2.17. The largest absolute Gasteiger partial charge is 0.399 e. The number of aliphatic hydroxyl groups is 1. The summed E-state index contributed by atoms with van der Waals surface area (Å²) in [5.74, 6) is 4.48. The quantitative estimate of drug-likeness (QED) is 0.239. The van der Waals surface area contributed by atoms with Crippen molar-refractivity contribution in [2.75, 3.05) is 5.73 Å². The highest BCUT2D eigenvalue weighted by atomic mass is 16.5. The lowest BCUT2D eigenvalue weighted by Gasteiger charge is -2.19. The van der Waals surface area contributed by atoms with E-state index in [4.69, 9.17) is 10.9 Å². The van der Waals surface area contributed by atoms with Crippen molar-refractivity contribution in [1.82, 2.24) is 10.8 Å². The predicted molar refractivity (Wildman–Crippen MR) is 96.1 cm³/mol. The van der Waals surface area contributed by atoms with Crippen LogP contribution in [0, 0.1) is 11.8 Å². The number of amides is 2. The van der Waals surface area contributed by atoms with E-state index in [1.54, 1.807) is 36.4 Å². The van der Waals surface area contributed by atoms with Gasteiger partial charge in [0.1, 0.15) is 6.04 Å². The molecule has 134 valence electrons. The van der Waals surface area contributed by atoms with E-state index in [-0.39, 0.29) is 5.56 Å². The standard InChI is InChI=1S/C19H19N3O4/c1-12(23)17(19(25)22-26)21-18(24)15-9-7-13(8-10-15)5-6-14-3-2-4-16(20)11-14/h2-4,7-12,17,23,26H,20H2,1H3,(H,21,24)(H,22,25)/t12-,17+/m1/s1. The third-order valence-corrected chi connectivity index (χ3v) is 3.55. The van der Waals surface area contributed by atoms with E-state index in [1.165, 1.54) is 12.4 Å². The number of benzene rings is 2. The molecular weight excluding hydrogens is 334 g/mol. The zero-order valence-corrected chi connectivity index (χ0v) is 14.1. The number of nitrogens with two attached hydrogens (primary N) is 1. The molecule has 2 aromatic rings. The van der Waals surface area contributed by atoms with Gasteiger partial charge in [-0.2, -0.15) is 0 Å². The zero-order chi connectivity index (χ0) is 19.1. The molecular formula is C19H19N3O4. The summed E-state index contributed by atoms with van der Waals surface area (Å²) in [6.07, 6.45) is -1.17. The lowest BCUT2D eigenvalue weighted by molar-refractivity contribution is -0.133. The highest BCUT2D eigenvalue weighted by Crippen LogP contribution is 2.07. The minimum Gasteiger partial charge on any atom is -0.399 e. The van der Waals surface area contributed by atoms with Crippen LogP contribution in [0.25, 0.3) is 0 Å². The first-order valence-corrected chi connectivity index (χ1v) is 7.81. The monoisotopic (exact) mass is 353 g/mol. The van der Waals surface area contributed by atoms with Gasteiger partial charge in [-0.3, -0.25) is 14.8 Å². The number of hydrogen-bond donors (Lipinski definition) is 5. The molecule has 0 aliphatic rings. The van der Waals surface area contributed by atoms with Gasteiger partial charge in [-0.15, -0.1) is 0 Å². The Morgan fingerprint density at radius 3 is 2.31 bits per heavy atom. The van der Waals surface area contributed by atoms with Crippen molar-refractivity contribution in [3.05, 3.63) is 65.2 Å². The van der Waals surface area contributed by atoms with Gasteiger partial charge in [-0.25, -0.2) is 5.48 Å². The smallest absolute Gasteiger partial charge is 0.268 e. The molecule has 0 aliphatic carbocycles. The lowest BCUT2D eigenvalue weighted by atomic mass is 10.1. The topological polar surface area (TPSA) is 125 Å². The molecule has 2 rings (SSSR count). The maximum Gasteiger partial charge on any atom is 0.268 e. The van der Waals surface area contributed by atoms with Gasteiger partial charge in [0, 0.05) is 22.4 Å². The summed E-state index contributed by atoms with van der Waals surface area (Å²) < 4.78 is 0. The van der Waals surface area contributed by atoms with Gasteiger partial charge in [-0.1, -0.05) is 17.9 Å². The Morgan fingerprint density at radius 1 is 1.08 bits per heavy atom. The van der Waals surface area contributed by atoms with E-state index in [0.717, 1.165) is 5.56 Å². The summed E-state index contributed by atoms with van der Waals surface area (Å²) in [4.78, 5) is 23.6. The molecule has 7 nitrogen and oxygen atoms in total. The van der Waals surface area contributed by atoms with Crippen LogP contribution in [0.15, 0.2) is 48.5 Å². The number of rotatable bonds is 4. The van der Waals surface area contributed by atoms with Crippen molar-refractivity contribution in [1.29, 1.82) is 0 Å². The van der Waals surface area contributed by atoms with Crippen molar-refractivity contribution < 1.29 is 19.9 Å². The number of carbonyl (C=O) groups is 2. The van der Waals surface area contributed by atoms with Crippen LogP contribution in [-0.4, -0.2) is 34.3 Å². The molecule has 0 aromatic heterocycles. The van der Waals surface area contributed by atoms with E-state index >= 15 is 0 Å². The van der Waals surface area contributed by atoms with Crippen LogP contribution >= 0.6 is 0 Å². The van der Waals surface area contributed by atoms with Crippen molar-refractivity contribution in [2.24, 2.45) is 0 Å². The predicted octanol–water partition coefficient (Wildman–Crippen LogP) is 0.653. The first-order valence-electron chi connectivity index (χ1n) is 7.81. The molecule has 6 N–H and O–H groups in total. The summed E-state index contributed by atoms with van der Waals surface area (Å²) in [5, 5.41) is 20.6. The Kier molecular flexibility index (Phi) is 6.33. The van der Waals surface area contributed by atoms with Crippen molar-refractivity contribution >= 4 is 17.5 Å². The molecule has 2 atom stereocenters. The van der Waals surface area contributed by atoms with Gasteiger partial charge in [0.15, 0.2) is 0 Å². The molecule has 0 saturated heterocycles. The molecule has 7 heteroatoms. The van der Waals surface area contributed by atoms with Crippen LogP contribution in [0.2, 0.25) is 0 Å². The Morgan fingerprint density at radius 2 is 1.73 bits per heavy atom. The molecule has 0 unspecified atom stereocenters. The third kappa shape index (κ3) is 5.08. The molecule has 0 heterocycles. The Labute approximate surface area is 150 Å². The molecule has 26 heavy (non-hydrogen) atoms. The van der Waals surface area contributed by atoms with Gasteiger partial charge in [0.2, 0.25) is 0 Å². The number of hydroxylamine groups is 1. The molecule has 0 aliphatic heterocycles. The second-order valence-corrected chi connectivity index (χ2v) is 5.62. The number of aliphatic hydroxyl groups excluding tert-OH is 1. The summed E-state index contributed by atoms with van der Waals surface area (Å²) in [6.45, 7) is 1.33. The highest BCUT2D eigenvalue weighted by Gasteiger charge is 2.25. The second kappa shape index (κ2) is 8.67. The second-order valence-electron chi connectivity index (χ2n) is 5.62. The Bertz CT molecular complexity index is 851. The van der Waals surface area contributed by atoms with Crippen molar-refractivity contribution in [3.63, 3.8) is 0 Å². The van der Waals surface area contributed by atoms with Crippen molar-refractivity contribution in [2.45, 2.75) is 19.1 Å². The fourth-order valence-electron chi connectivity index (χ4n) is 2.17. The first-order chi connectivity index (χ1) is 12.4. The van der Waals surface area contributed by atoms with Crippen LogP contribution in [0.3, 0.4) is 0 Å². The molecule has 0 spiro atoms. The number of nitrogen functional groups attached to an aromatic ring is 1. The number of nitrogens with one attached hydrogen (secondary N) is 2. The average molecular weight is 353 g/mol. The van der Waals surface area contributed by atoms with Crippen LogP contribution < -0.4 is 16.5 Å². The van der Waals surface area contributed by atoms with Crippen LogP contribution in [0.1, 0.15) is 28.4 Å². The highest BCUT2D eigenvalue weighted by molar-refractivity contribution is 5.97. The summed E-state index contributed by atoms with van der Waals surface area (Å²) in [5.41, 5.74) is 9.50. The van der Waals surface area contributed by atoms with Gasteiger partial charge >= 0.3 is 0 Å². The molecule has 2 amide bonds. The van der Waals surface area contributed by atoms with Crippen molar-refractivity contribution in [3.8, 4) is 11.8 Å². The van der Waals surface area contributed by atoms with Crippen LogP contribution in [0.4, 0.5) is 5.69 Å². The van der Waals surface area contributed by atoms with E-state index in [1.807, 2.05) is 12.1 Å². The minimum atomic E-state index is -1.27. The van der Waals surface area contributed by atoms with Crippen LogP contribution in [0.5, 0.6) is 0 Å². The molecule has 0 fully saturated rings. The Balaban J connectivity index is 2.09. The summed E-state index contributed by atoms with van der Waals surface area (Å²) >= 11 is 0. The van der Waals surface area contributed by atoms with Crippen LogP contribution in [-0.2, 0) is 4.79 Å². The number of hydrogen-bond acceptors (Lipinski definition) is 5. The SMILES string of the molecule is C[C@@H](O)[C@H](NC(=O)c1ccc(C#Cc2cccc(N)c2)cc1)C(=O)NO. The first kappa shape index (κ1) is 19.0. The molecule has 0 saturated carbocycles. The average Bonchev–Trinajstić information content (AvgIpc) is 2.64. The van der Waals surface area contributed by atoms with Gasteiger partial charge in [-0.05, 0) is 49.4 Å². The maximum absolute atomic E-state index is 12.2. The maximum atomic E-state index is 12.2. The third-order valence-electron chi connectivity index (χ3n) is 3.55. The summed E-state index contributed by atoms with van der Waals surface area (Å²) in [6, 6.07) is 12.4. The van der Waals surface area contributed by atoms with E-state index in [0.29, 0.717) is 11.3 Å². The zero-order valence-electron chi connectivity index (χ0n) is 14.1. The normalized spacial score (nSPS) is 12.3. The Hall–Kier alpha value is -3.34. The number of anilines is 1. The molecule has 0 bridgehead atoms. The number of carbonyl (C=O) groups excluding carboxylic acids is 2.